The van der Waals surface area contributed by atoms with Crippen LogP contribution in [0.1, 0.15) is 24.2 Å². The molecule has 3 heterocycles. The molecule has 2 aliphatic heterocycles. The van der Waals surface area contributed by atoms with Crippen LogP contribution in [0.5, 0.6) is 0 Å². The Balaban J connectivity index is 1.46. The van der Waals surface area contributed by atoms with E-state index in [9.17, 15) is 5.26 Å². The molecule has 0 bridgehead atoms. The number of hydrogen-bond acceptors (Lipinski definition) is 7. The second kappa shape index (κ2) is 12.5. The van der Waals surface area contributed by atoms with Gasteiger partial charge in [0.25, 0.3) is 0 Å². The lowest BCUT2D eigenvalue weighted by Gasteiger charge is -2.31. The Labute approximate surface area is 249 Å². The third-order valence-corrected chi connectivity index (χ3v) is 8.09. The van der Waals surface area contributed by atoms with E-state index in [1.807, 2.05) is 53.1 Å². The highest BCUT2D eigenvalue weighted by atomic mass is 35.5. The van der Waals surface area contributed by atoms with Crippen LogP contribution >= 0.6 is 23.2 Å². The summed E-state index contributed by atoms with van der Waals surface area (Å²) in [5, 5.41) is 20.8. The number of halogens is 2. The first-order chi connectivity index (χ1) is 20.1. The SMILES string of the molecule is N#C/C(=C\C1=C(N2CCOCC2)C(=C/c2ccc(Cl)cc2Cl)/CC1)c1nnc(N2CCOCC2)n1-c1ccccc1. The molecule has 0 radical (unpaired) electrons. The average Bonchev–Trinajstić information content (AvgIpc) is 3.63. The lowest BCUT2D eigenvalue weighted by Crippen LogP contribution is -2.38. The van der Waals surface area contributed by atoms with Crippen LogP contribution in [0, 0.1) is 11.3 Å². The molecular formula is C31H30Cl2N6O2. The number of hydrogen-bond donors (Lipinski definition) is 0. The van der Waals surface area contributed by atoms with Crippen LogP contribution in [0.3, 0.4) is 0 Å². The van der Waals surface area contributed by atoms with E-state index in [1.54, 1.807) is 6.07 Å². The minimum absolute atomic E-state index is 0.465. The third kappa shape index (κ3) is 5.90. The fourth-order valence-electron chi connectivity index (χ4n) is 5.55. The van der Waals surface area contributed by atoms with E-state index < -0.39 is 0 Å². The van der Waals surface area contributed by atoms with Gasteiger partial charge in [0.15, 0.2) is 5.82 Å². The van der Waals surface area contributed by atoms with Crippen molar-refractivity contribution in [3.63, 3.8) is 0 Å². The van der Waals surface area contributed by atoms with Crippen molar-refractivity contribution in [3.8, 4) is 11.8 Å². The Bertz CT molecular complexity index is 1540. The van der Waals surface area contributed by atoms with E-state index in [1.165, 1.54) is 5.57 Å². The molecule has 8 nitrogen and oxygen atoms in total. The Kier molecular flexibility index (Phi) is 8.40. The Morgan fingerprint density at radius 3 is 2.27 bits per heavy atom. The predicted molar refractivity (Wildman–Crippen MR) is 161 cm³/mol. The summed E-state index contributed by atoms with van der Waals surface area (Å²) < 4.78 is 13.2. The van der Waals surface area contributed by atoms with E-state index >= 15 is 0 Å². The number of nitrogens with zero attached hydrogens (tertiary/aromatic N) is 6. The maximum atomic E-state index is 10.5. The van der Waals surface area contributed by atoms with Crippen molar-refractivity contribution < 1.29 is 9.47 Å². The lowest BCUT2D eigenvalue weighted by atomic mass is 10.1. The van der Waals surface area contributed by atoms with Crippen LogP contribution in [-0.4, -0.2) is 72.3 Å². The molecule has 1 aliphatic carbocycles. The average molecular weight is 590 g/mol. The standard InChI is InChI=1S/C31H30Cl2N6O2/c32-26-9-8-22(28(33)20-26)18-23-6-7-24(29(23)37-10-14-40-15-11-37)19-25(21-34)30-35-36-31(38-12-16-41-17-13-38)39(30)27-4-2-1-3-5-27/h1-5,8-9,18-20H,6-7,10-17H2/b23-18+,25-19+. The number of benzene rings is 2. The summed E-state index contributed by atoms with van der Waals surface area (Å²) in [5.74, 6) is 1.23. The summed E-state index contributed by atoms with van der Waals surface area (Å²) >= 11 is 12.7. The molecule has 0 atom stereocenters. The second-order valence-corrected chi connectivity index (χ2v) is 10.9. The molecule has 6 rings (SSSR count). The van der Waals surface area contributed by atoms with Crippen molar-refractivity contribution in [2.75, 3.05) is 57.5 Å². The largest absolute Gasteiger partial charge is 0.378 e. The van der Waals surface area contributed by atoms with Crippen molar-refractivity contribution in [2.24, 2.45) is 0 Å². The number of rotatable bonds is 6. The van der Waals surface area contributed by atoms with Crippen LogP contribution in [-0.2, 0) is 9.47 Å². The van der Waals surface area contributed by atoms with Gasteiger partial charge in [-0.15, -0.1) is 10.2 Å². The molecule has 0 N–H and O–H groups in total. The van der Waals surface area contributed by atoms with Crippen LogP contribution in [0.15, 0.2) is 71.5 Å². The topological polar surface area (TPSA) is 79.4 Å². The Morgan fingerprint density at radius 2 is 1.59 bits per heavy atom. The van der Waals surface area contributed by atoms with Gasteiger partial charge in [-0.3, -0.25) is 4.57 Å². The van der Waals surface area contributed by atoms with Crippen LogP contribution in [0.25, 0.3) is 17.3 Å². The molecule has 0 unspecified atom stereocenters. The molecule has 2 fully saturated rings. The molecule has 3 aromatic rings. The van der Waals surface area contributed by atoms with Crippen molar-refractivity contribution in [1.82, 2.24) is 19.7 Å². The molecule has 1 aromatic heterocycles. The summed E-state index contributed by atoms with van der Waals surface area (Å²) in [6.07, 6.45) is 5.76. The molecule has 10 heteroatoms. The molecule has 0 saturated carbocycles. The lowest BCUT2D eigenvalue weighted by molar-refractivity contribution is 0.0547. The first kappa shape index (κ1) is 27.6. The Morgan fingerprint density at radius 1 is 0.878 bits per heavy atom. The summed E-state index contributed by atoms with van der Waals surface area (Å²) in [5.41, 5.74) is 5.69. The number of para-hydroxylation sites is 1. The molecular weight excluding hydrogens is 559 g/mol. The van der Waals surface area contributed by atoms with Gasteiger partial charge in [0.2, 0.25) is 5.95 Å². The predicted octanol–water partition coefficient (Wildman–Crippen LogP) is 5.78. The minimum Gasteiger partial charge on any atom is -0.378 e. The normalized spacial score (nSPS) is 19.2. The van der Waals surface area contributed by atoms with Crippen LogP contribution < -0.4 is 4.90 Å². The zero-order valence-electron chi connectivity index (χ0n) is 22.6. The molecule has 0 spiro atoms. The Hall–Kier alpha value is -3.61. The number of ether oxygens (including phenoxy) is 2. The van der Waals surface area contributed by atoms with Gasteiger partial charge in [0.05, 0.1) is 37.7 Å². The van der Waals surface area contributed by atoms with Gasteiger partial charge in [-0.2, -0.15) is 5.26 Å². The van der Waals surface area contributed by atoms with E-state index in [0.717, 1.165) is 48.5 Å². The fraction of sp³-hybridized carbons (Fsp3) is 0.323. The van der Waals surface area contributed by atoms with Crippen LogP contribution in [0.4, 0.5) is 5.95 Å². The van der Waals surface area contributed by atoms with Gasteiger partial charge < -0.3 is 19.3 Å². The summed E-state index contributed by atoms with van der Waals surface area (Å²) in [6, 6.07) is 17.9. The highest BCUT2D eigenvalue weighted by Gasteiger charge is 2.28. The number of allylic oxidation sites excluding steroid dienone is 4. The van der Waals surface area contributed by atoms with E-state index in [-0.39, 0.29) is 0 Å². The van der Waals surface area contributed by atoms with Gasteiger partial charge in [-0.05, 0) is 66.0 Å². The maximum Gasteiger partial charge on any atom is 0.232 e. The van der Waals surface area contributed by atoms with Crippen molar-refractivity contribution in [1.29, 1.82) is 5.26 Å². The zero-order chi connectivity index (χ0) is 28.2. The number of morpholine rings is 2. The van der Waals surface area contributed by atoms with E-state index in [4.69, 9.17) is 32.7 Å². The summed E-state index contributed by atoms with van der Waals surface area (Å²) in [7, 11) is 0. The number of nitriles is 1. The van der Waals surface area contributed by atoms with Crippen molar-refractivity contribution >= 4 is 40.8 Å². The first-order valence-electron chi connectivity index (χ1n) is 13.8. The molecule has 0 amide bonds. The van der Waals surface area contributed by atoms with Gasteiger partial charge in [0.1, 0.15) is 6.07 Å². The first-order valence-corrected chi connectivity index (χ1v) is 14.6. The molecule has 41 heavy (non-hydrogen) atoms. The van der Waals surface area contributed by atoms with Gasteiger partial charge in [-0.25, -0.2) is 0 Å². The number of aromatic nitrogens is 3. The molecule has 3 aliphatic rings. The fourth-order valence-corrected chi connectivity index (χ4v) is 6.01. The second-order valence-electron chi connectivity index (χ2n) is 10.1. The monoisotopic (exact) mass is 588 g/mol. The van der Waals surface area contributed by atoms with E-state index in [0.29, 0.717) is 66.9 Å². The van der Waals surface area contributed by atoms with Gasteiger partial charge in [0, 0.05) is 41.9 Å². The smallest absolute Gasteiger partial charge is 0.232 e. The summed E-state index contributed by atoms with van der Waals surface area (Å²) in [4.78, 5) is 4.51. The molecule has 210 valence electrons. The minimum atomic E-state index is 0.465. The van der Waals surface area contributed by atoms with Crippen LogP contribution in [0.2, 0.25) is 10.0 Å². The zero-order valence-corrected chi connectivity index (χ0v) is 24.1. The molecule has 2 aromatic carbocycles. The van der Waals surface area contributed by atoms with E-state index in [2.05, 4.69) is 32.1 Å². The van der Waals surface area contributed by atoms with Gasteiger partial charge in [-0.1, -0.05) is 47.5 Å². The highest BCUT2D eigenvalue weighted by Crippen LogP contribution is 2.39. The number of anilines is 1. The quantitative estimate of drug-likeness (QED) is 0.337. The van der Waals surface area contributed by atoms with Crippen molar-refractivity contribution in [2.45, 2.75) is 12.8 Å². The third-order valence-electron chi connectivity index (χ3n) is 7.53. The highest BCUT2D eigenvalue weighted by molar-refractivity contribution is 6.35. The summed E-state index contributed by atoms with van der Waals surface area (Å²) in [6.45, 7) is 5.55. The van der Waals surface area contributed by atoms with Gasteiger partial charge >= 0.3 is 0 Å². The molecule has 2 saturated heterocycles. The van der Waals surface area contributed by atoms with Crippen molar-refractivity contribution in [3.05, 3.63) is 92.9 Å². The maximum absolute atomic E-state index is 10.5.